The average molecular weight is 405 g/mol. The zero-order chi connectivity index (χ0) is 21.2. The second-order valence-electron chi connectivity index (χ2n) is 7.04. The van der Waals surface area contributed by atoms with E-state index in [1.165, 1.54) is 11.3 Å². The number of aromatic nitrogens is 1. The molecule has 0 aliphatic rings. The van der Waals surface area contributed by atoms with Crippen molar-refractivity contribution >= 4 is 29.0 Å². The van der Waals surface area contributed by atoms with Gasteiger partial charge in [-0.2, -0.15) is 0 Å². The molecule has 0 saturated carbocycles. The molecule has 0 bridgehead atoms. The number of amides is 1. The lowest BCUT2D eigenvalue weighted by Gasteiger charge is -2.32. The highest BCUT2D eigenvalue weighted by atomic mass is 32.1. The molecule has 0 aromatic carbocycles. The lowest BCUT2D eigenvalue weighted by atomic mass is 9.99. The number of hydrogen-bond donors (Lipinski definition) is 0. The monoisotopic (exact) mass is 404 g/mol. The maximum absolute atomic E-state index is 13.4. The van der Waals surface area contributed by atoms with Gasteiger partial charge in [-0.1, -0.05) is 6.07 Å². The molecule has 0 N–H and O–H groups in total. The molecular formula is C21H28N2O4S. The molecule has 28 heavy (non-hydrogen) atoms. The van der Waals surface area contributed by atoms with Crippen LogP contribution in [-0.2, 0) is 11.8 Å². The lowest BCUT2D eigenvalue weighted by Crippen LogP contribution is -2.47. The van der Waals surface area contributed by atoms with Crippen molar-refractivity contribution in [3.8, 4) is 0 Å². The number of carbonyl (C=O) groups excluding carboxylic acids is 3. The number of nitrogens with zero attached hydrogens (tertiary/aromatic N) is 2. The quantitative estimate of drug-likeness (QED) is 0.517. The van der Waals surface area contributed by atoms with E-state index in [1.54, 1.807) is 50.3 Å². The number of hydrogen-bond acceptors (Lipinski definition) is 5. The summed E-state index contributed by atoms with van der Waals surface area (Å²) < 4.78 is 6.83. The van der Waals surface area contributed by atoms with Crippen LogP contribution in [0.3, 0.4) is 0 Å². The topological polar surface area (TPSA) is 68.6 Å². The first-order valence-corrected chi connectivity index (χ1v) is 10.2. The van der Waals surface area contributed by atoms with Crippen LogP contribution < -0.4 is 0 Å². The normalized spacial score (nSPS) is 12.1. The van der Waals surface area contributed by atoms with Gasteiger partial charge >= 0.3 is 5.97 Å². The standard InChI is InChI=1S/C21H28N2O4S/c1-8-27-21(26)18-13(4)17(14(5)22(18)7)19(24)15(6)23(12(2)3)20(25)16-10-9-11-28-16/h9-12,15H,8H2,1-7H3. The summed E-state index contributed by atoms with van der Waals surface area (Å²) in [6.07, 6.45) is 0. The van der Waals surface area contributed by atoms with E-state index in [0.717, 1.165) is 0 Å². The van der Waals surface area contributed by atoms with Gasteiger partial charge in [-0.25, -0.2) is 4.79 Å². The van der Waals surface area contributed by atoms with Gasteiger partial charge in [0.2, 0.25) is 0 Å². The first-order chi connectivity index (χ1) is 13.1. The molecular weight excluding hydrogens is 376 g/mol. The fourth-order valence-electron chi connectivity index (χ4n) is 3.55. The van der Waals surface area contributed by atoms with E-state index in [4.69, 9.17) is 4.74 Å². The number of rotatable bonds is 7. The van der Waals surface area contributed by atoms with Crippen molar-refractivity contribution < 1.29 is 19.1 Å². The molecule has 0 radical (unpaired) electrons. The van der Waals surface area contributed by atoms with Crippen LogP contribution in [0, 0.1) is 13.8 Å². The average Bonchev–Trinajstić information content (AvgIpc) is 3.22. The summed E-state index contributed by atoms with van der Waals surface area (Å²) in [6, 6.07) is 2.77. The number of ether oxygens (including phenoxy) is 1. The van der Waals surface area contributed by atoms with E-state index < -0.39 is 12.0 Å². The van der Waals surface area contributed by atoms with Crippen LogP contribution >= 0.6 is 11.3 Å². The molecule has 0 fully saturated rings. The molecule has 0 aliphatic heterocycles. The Kier molecular flexibility index (Phi) is 6.82. The van der Waals surface area contributed by atoms with E-state index in [0.29, 0.717) is 27.4 Å². The molecule has 1 atom stereocenters. The summed E-state index contributed by atoms with van der Waals surface area (Å²) >= 11 is 1.36. The third-order valence-electron chi connectivity index (χ3n) is 4.97. The molecule has 0 aliphatic carbocycles. The van der Waals surface area contributed by atoms with Gasteiger partial charge < -0.3 is 14.2 Å². The molecule has 1 unspecified atom stereocenters. The van der Waals surface area contributed by atoms with Crippen LogP contribution in [0.2, 0.25) is 0 Å². The lowest BCUT2D eigenvalue weighted by molar-refractivity contribution is 0.0513. The van der Waals surface area contributed by atoms with Gasteiger partial charge in [0.05, 0.1) is 17.5 Å². The SMILES string of the molecule is CCOC(=O)c1c(C)c(C(=O)C(C)N(C(=O)c2cccs2)C(C)C)c(C)n1C. The molecule has 2 rings (SSSR count). The number of thiophene rings is 1. The van der Waals surface area contributed by atoms with Gasteiger partial charge in [-0.3, -0.25) is 9.59 Å². The smallest absolute Gasteiger partial charge is 0.355 e. The molecule has 0 saturated heterocycles. The van der Waals surface area contributed by atoms with Crippen LogP contribution in [0.5, 0.6) is 0 Å². The van der Waals surface area contributed by atoms with Gasteiger partial charge in [0.25, 0.3) is 5.91 Å². The summed E-state index contributed by atoms with van der Waals surface area (Å²) in [7, 11) is 1.74. The van der Waals surface area contributed by atoms with Crippen molar-refractivity contribution in [3.05, 3.63) is 44.9 Å². The summed E-state index contributed by atoms with van der Waals surface area (Å²) in [5, 5.41) is 1.84. The van der Waals surface area contributed by atoms with Crippen molar-refractivity contribution in [2.75, 3.05) is 6.61 Å². The Morgan fingerprint density at radius 2 is 1.86 bits per heavy atom. The Morgan fingerprint density at radius 3 is 2.36 bits per heavy atom. The van der Waals surface area contributed by atoms with E-state index in [9.17, 15) is 14.4 Å². The highest BCUT2D eigenvalue weighted by molar-refractivity contribution is 7.12. The maximum atomic E-state index is 13.4. The van der Waals surface area contributed by atoms with Crippen molar-refractivity contribution in [3.63, 3.8) is 0 Å². The first-order valence-electron chi connectivity index (χ1n) is 9.36. The minimum Gasteiger partial charge on any atom is -0.461 e. The zero-order valence-corrected chi connectivity index (χ0v) is 18.3. The zero-order valence-electron chi connectivity index (χ0n) is 17.5. The Balaban J connectivity index is 2.45. The van der Waals surface area contributed by atoms with Gasteiger partial charge in [-0.05, 0) is 58.6 Å². The molecule has 2 aromatic heterocycles. The third kappa shape index (κ3) is 3.90. The fourth-order valence-corrected chi connectivity index (χ4v) is 4.22. The minimum absolute atomic E-state index is 0.151. The van der Waals surface area contributed by atoms with Crippen LogP contribution in [0.1, 0.15) is 69.5 Å². The van der Waals surface area contributed by atoms with Crippen LogP contribution in [0.15, 0.2) is 17.5 Å². The van der Waals surface area contributed by atoms with Crippen LogP contribution in [0.4, 0.5) is 0 Å². The Bertz CT molecular complexity index is 881. The van der Waals surface area contributed by atoms with Gasteiger partial charge in [0.15, 0.2) is 5.78 Å². The number of ketones is 1. The summed E-state index contributed by atoms with van der Waals surface area (Å²) in [4.78, 5) is 40.9. The van der Waals surface area contributed by atoms with Gasteiger partial charge in [-0.15, -0.1) is 11.3 Å². The van der Waals surface area contributed by atoms with Crippen molar-refractivity contribution in [2.24, 2.45) is 7.05 Å². The molecule has 2 heterocycles. The molecule has 2 aromatic rings. The predicted octanol–water partition coefficient (Wildman–Crippen LogP) is 4.00. The van der Waals surface area contributed by atoms with E-state index >= 15 is 0 Å². The molecule has 152 valence electrons. The third-order valence-corrected chi connectivity index (χ3v) is 5.82. The second kappa shape index (κ2) is 8.73. The largest absolute Gasteiger partial charge is 0.461 e. The Morgan fingerprint density at radius 1 is 1.21 bits per heavy atom. The molecule has 0 spiro atoms. The van der Waals surface area contributed by atoms with E-state index in [1.807, 2.05) is 25.3 Å². The number of esters is 1. The summed E-state index contributed by atoms with van der Waals surface area (Å²) in [5.74, 6) is -0.796. The fraction of sp³-hybridized carbons (Fsp3) is 0.476. The molecule has 7 heteroatoms. The molecule has 6 nitrogen and oxygen atoms in total. The van der Waals surface area contributed by atoms with Gasteiger partial charge in [0.1, 0.15) is 5.69 Å². The number of carbonyl (C=O) groups is 3. The van der Waals surface area contributed by atoms with Crippen LogP contribution in [-0.4, -0.2) is 45.8 Å². The maximum Gasteiger partial charge on any atom is 0.355 e. The Labute approximate surface area is 170 Å². The summed E-state index contributed by atoms with van der Waals surface area (Å²) in [6.45, 7) is 11.1. The van der Waals surface area contributed by atoms with Crippen molar-refractivity contribution in [1.82, 2.24) is 9.47 Å². The minimum atomic E-state index is -0.663. The van der Waals surface area contributed by atoms with E-state index in [2.05, 4.69) is 0 Å². The highest BCUT2D eigenvalue weighted by Crippen LogP contribution is 2.26. The van der Waals surface area contributed by atoms with Gasteiger partial charge in [0, 0.05) is 24.3 Å². The number of Topliss-reactive ketones (excluding diaryl/α,β-unsaturated/α-hetero) is 1. The van der Waals surface area contributed by atoms with Crippen LogP contribution in [0.25, 0.3) is 0 Å². The second-order valence-corrected chi connectivity index (χ2v) is 7.98. The summed E-state index contributed by atoms with van der Waals surface area (Å²) in [5.41, 5.74) is 2.12. The Hall–Kier alpha value is -2.41. The first kappa shape index (κ1) is 21.9. The van der Waals surface area contributed by atoms with Crippen molar-refractivity contribution in [2.45, 2.75) is 53.6 Å². The molecule has 1 amide bonds. The predicted molar refractivity (Wildman–Crippen MR) is 110 cm³/mol. The van der Waals surface area contributed by atoms with Crippen molar-refractivity contribution in [1.29, 1.82) is 0 Å². The van der Waals surface area contributed by atoms with E-state index in [-0.39, 0.29) is 24.3 Å². The highest BCUT2D eigenvalue weighted by Gasteiger charge is 2.34.